The van der Waals surface area contributed by atoms with E-state index < -0.39 is 60.6 Å². The van der Waals surface area contributed by atoms with Gasteiger partial charge < -0.3 is 23.7 Å². The number of hydrogen-bond donors (Lipinski definition) is 2. The fraction of sp³-hybridized carbons (Fsp3) is 0.286. The van der Waals surface area contributed by atoms with Crippen molar-refractivity contribution in [3.8, 4) is 0 Å². The van der Waals surface area contributed by atoms with Crippen molar-refractivity contribution in [3.63, 3.8) is 0 Å². The Labute approximate surface area is 328 Å². The molecule has 0 aromatic heterocycles. The van der Waals surface area contributed by atoms with Gasteiger partial charge in [-0.1, -0.05) is 48.5 Å². The highest BCUT2D eigenvalue weighted by Crippen LogP contribution is 2.26. The fourth-order valence-electron chi connectivity index (χ4n) is 5.99. The monoisotopic (exact) mass is 778 g/mol. The second kappa shape index (κ2) is 17.8. The number of amides is 6. The van der Waals surface area contributed by atoms with Crippen LogP contribution in [0.15, 0.2) is 97.1 Å². The number of nitrogens with one attached hydrogen (secondary N) is 2. The lowest BCUT2D eigenvalue weighted by atomic mass is 10.0. The van der Waals surface area contributed by atoms with Crippen molar-refractivity contribution < 1.29 is 52.5 Å². The number of nitrogens with zero attached hydrogens (tertiary/aromatic N) is 2. The topological polar surface area (TPSA) is 179 Å². The minimum atomic E-state index is -0.800. The summed E-state index contributed by atoms with van der Waals surface area (Å²) < 4.78 is 26.4. The lowest BCUT2D eigenvalue weighted by Gasteiger charge is -2.18. The second-order valence-corrected chi connectivity index (χ2v) is 13.7. The Morgan fingerprint density at radius 2 is 0.965 bits per heavy atom. The van der Waals surface area contributed by atoms with Gasteiger partial charge in [0.15, 0.2) is 12.2 Å². The molecule has 4 aromatic carbocycles. The van der Waals surface area contributed by atoms with E-state index in [0.717, 1.165) is 32.1 Å². The molecule has 6 rings (SSSR count). The van der Waals surface area contributed by atoms with Gasteiger partial charge in [0.1, 0.15) is 12.7 Å². The Bertz CT molecular complexity index is 2110. The van der Waals surface area contributed by atoms with Gasteiger partial charge in [-0.25, -0.2) is 29.0 Å². The van der Waals surface area contributed by atoms with Crippen LogP contribution >= 0.6 is 0 Å². The van der Waals surface area contributed by atoms with E-state index in [9.17, 15) is 28.8 Å². The summed E-state index contributed by atoms with van der Waals surface area (Å²) in [6.45, 7) is 6.54. The summed E-state index contributed by atoms with van der Waals surface area (Å²) in [6, 6.07) is 28.7. The number of cyclic esters (lactones) is 2. The molecule has 2 saturated heterocycles. The predicted octanol–water partition coefficient (Wildman–Crippen LogP) is 7.20. The third-order valence-corrected chi connectivity index (χ3v) is 9.04. The SMILES string of the molecule is CC(COC(=O)Nc1ccc(Cc2ccc(N3C(=O)OC(C)C3=O)cc2)cc1)OCC(C)OC(=O)Nc1ccc(Cc2ccc(N3C(=O)OC(C)C3=O)cc2)cc1. The fourth-order valence-corrected chi connectivity index (χ4v) is 5.99. The average Bonchev–Trinajstić information content (AvgIpc) is 3.60. The quantitative estimate of drug-likeness (QED) is 0.124. The Morgan fingerprint density at radius 3 is 1.35 bits per heavy atom. The molecule has 0 saturated carbocycles. The van der Waals surface area contributed by atoms with E-state index in [2.05, 4.69) is 10.6 Å². The van der Waals surface area contributed by atoms with E-state index in [0.29, 0.717) is 35.6 Å². The van der Waals surface area contributed by atoms with Crippen LogP contribution in [0.1, 0.15) is 49.9 Å². The maximum Gasteiger partial charge on any atom is 0.422 e. The zero-order chi connectivity index (χ0) is 40.6. The van der Waals surface area contributed by atoms with E-state index in [4.69, 9.17) is 23.7 Å². The third-order valence-electron chi connectivity index (χ3n) is 9.04. The number of ether oxygens (including phenoxy) is 5. The number of carbonyl (C=O) groups is 6. The first-order chi connectivity index (χ1) is 27.3. The molecule has 0 aliphatic carbocycles. The van der Waals surface area contributed by atoms with Crippen molar-refractivity contribution in [2.75, 3.05) is 33.6 Å². The minimum Gasteiger partial charge on any atom is -0.447 e. The largest absolute Gasteiger partial charge is 0.447 e. The molecule has 15 heteroatoms. The van der Waals surface area contributed by atoms with Gasteiger partial charge in [0, 0.05) is 11.4 Å². The first-order valence-corrected chi connectivity index (χ1v) is 18.3. The summed E-state index contributed by atoms with van der Waals surface area (Å²) in [7, 11) is 0. The van der Waals surface area contributed by atoms with Gasteiger partial charge >= 0.3 is 24.4 Å². The smallest absolute Gasteiger partial charge is 0.422 e. The highest BCUT2D eigenvalue weighted by Gasteiger charge is 2.39. The molecular weight excluding hydrogens is 736 g/mol. The number of benzene rings is 4. The molecule has 0 spiro atoms. The summed E-state index contributed by atoms with van der Waals surface area (Å²) in [6.07, 6.45) is -4.13. The highest BCUT2D eigenvalue weighted by atomic mass is 16.6. The van der Waals surface area contributed by atoms with Crippen LogP contribution < -0.4 is 20.4 Å². The van der Waals surface area contributed by atoms with Gasteiger partial charge in [-0.05, 0) is 111 Å². The van der Waals surface area contributed by atoms with Crippen LogP contribution in [-0.2, 0) is 46.1 Å². The lowest BCUT2D eigenvalue weighted by Crippen LogP contribution is -2.30. The van der Waals surface area contributed by atoms with E-state index in [1.54, 1.807) is 62.4 Å². The first kappa shape index (κ1) is 39.9. The maximum absolute atomic E-state index is 12.5. The van der Waals surface area contributed by atoms with E-state index in [1.165, 1.54) is 13.8 Å². The zero-order valence-electron chi connectivity index (χ0n) is 31.8. The molecule has 4 atom stereocenters. The van der Waals surface area contributed by atoms with Crippen molar-refractivity contribution in [2.45, 2.75) is 65.0 Å². The van der Waals surface area contributed by atoms with Crippen LogP contribution in [0.25, 0.3) is 0 Å². The molecule has 2 aliphatic heterocycles. The summed E-state index contributed by atoms with van der Waals surface area (Å²) in [4.78, 5) is 75.3. The van der Waals surface area contributed by atoms with E-state index >= 15 is 0 Å². The number of carbonyl (C=O) groups excluding carboxylic acids is 6. The standard InChI is InChI=1S/C42H42N4O11/c1-25(23-54-39(49)43-33-13-5-29(6-14-33)21-31-9-17-35(18-10-31)45-37(47)27(3)56-41(45)51)53-24-26(2)55-40(50)44-34-15-7-30(8-16-34)22-32-11-19-36(20-12-32)46-38(48)28(4)57-42(46)52/h5-20,25-28H,21-24H2,1-4H3,(H,43,49)(H,44,50). The summed E-state index contributed by atoms with van der Waals surface area (Å²) in [5.74, 6) is -0.800. The molecule has 2 fully saturated rings. The van der Waals surface area contributed by atoms with Crippen molar-refractivity contribution >= 4 is 58.9 Å². The van der Waals surface area contributed by atoms with Crippen LogP contribution in [0, 0.1) is 0 Å². The van der Waals surface area contributed by atoms with E-state index in [1.807, 2.05) is 48.5 Å². The normalized spacial score (nSPS) is 17.5. The van der Waals surface area contributed by atoms with Crippen molar-refractivity contribution in [2.24, 2.45) is 0 Å². The number of hydrogen-bond acceptors (Lipinski definition) is 11. The molecule has 6 amide bonds. The number of anilines is 4. The second-order valence-electron chi connectivity index (χ2n) is 13.7. The van der Waals surface area contributed by atoms with Gasteiger partial charge in [0.25, 0.3) is 11.8 Å². The van der Waals surface area contributed by atoms with Gasteiger partial charge in [-0.3, -0.25) is 20.2 Å². The van der Waals surface area contributed by atoms with Gasteiger partial charge in [-0.2, -0.15) is 0 Å². The predicted molar refractivity (Wildman–Crippen MR) is 208 cm³/mol. The molecule has 15 nitrogen and oxygen atoms in total. The lowest BCUT2D eigenvalue weighted by molar-refractivity contribution is -0.121. The van der Waals surface area contributed by atoms with Gasteiger partial charge in [0.05, 0.1) is 24.1 Å². The molecule has 57 heavy (non-hydrogen) atoms. The van der Waals surface area contributed by atoms with Crippen LogP contribution in [-0.4, -0.2) is 73.8 Å². The summed E-state index contributed by atoms with van der Waals surface area (Å²) in [5.41, 5.74) is 5.89. The van der Waals surface area contributed by atoms with Gasteiger partial charge in [0.2, 0.25) is 0 Å². The molecule has 2 heterocycles. The van der Waals surface area contributed by atoms with Crippen molar-refractivity contribution in [1.82, 2.24) is 0 Å². The molecule has 296 valence electrons. The molecule has 2 N–H and O–H groups in total. The summed E-state index contributed by atoms with van der Waals surface area (Å²) in [5, 5.41) is 5.38. The molecule has 0 radical (unpaired) electrons. The number of imide groups is 2. The van der Waals surface area contributed by atoms with Gasteiger partial charge in [-0.15, -0.1) is 0 Å². The summed E-state index contributed by atoms with van der Waals surface area (Å²) >= 11 is 0. The van der Waals surface area contributed by atoms with Crippen molar-refractivity contribution in [1.29, 1.82) is 0 Å². The molecule has 0 bridgehead atoms. The number of rotatable bonds is 14. The maximum atomic E-state index is 12.5. The van der Waals surface area contributed by atoms with Crippen LogP contribution in [0.2, 0.25) is 0 Å². The van der Waals surface area contributed by atoms with Crippen LogP contribution in [0.5, 0.6) is 0 Å². The first-order valence-electron chi connectivity index (χ1n) is 18.3. The van der Waals surface area contributed by atoms with Crippen molar-refractivity contribution in [3.05, 3.63) is 119 Å². The molecular formula is C42H42N4O11. The average molecular weight is 779 g/mol. The Hall–Kier alpha value is -6.74. The Kier molecular flexibility index (Phi) is 12.5. The molecule has 2 aliphatic rings. The molecule has 4 unspecified atom stereocenters. The highest BCUT2D eigenvalue weighted by molar-refractivity contribution is 6.18. The third kappa shape index (κ3) is 10.3. The Balaban J connectivity index is 0.855. The van der Waals surface area contributed by atoms with Crippen LogP contribution in [0.4, 0.5) is 41.9 Å². The minimum absolute atomic E-state index is 0.0268. The molecule has 4 aromatic rings. The Morgan fingerprint density at radius 1 is 0.579 bits per heavy atom. The van der Waals surface area contributed by atoms with E-state index in [-0.39, 0.29) is 13.2 Å². The van der Waals surface area contributed by atoms with Crippen LogP contribution in [0.3, 0.4) is 0 Å². The zero-order valence-corrected chi connectivity index (χ0v) is 31.8.